The molecule has 0 aliphatic carbocycles. The molecule has 0 saturated heterocycles. The highest BCUT2D eigenvalue weighted by Crippen LogP contribution is 2.32. The molecular weight excluding hydrogens is 236 g/mol. The van der Waals surface area contributed by atoms with Gasteiger partial charge in [0.15, 0.2) is 0 Å². The Balaban J connectivity index is 2.36. The maximum absolute atomic E-state index is 5.88. The quantitative estimate of drug-likeness (QED) is 0.746. The van der Waals surface area contributed by atoms with E-state index in [1.165, 1.54) is 10.9 Å². The van der Waals surface area contributed by atoms with Crippen LogP contribution in [0.15, 0.2) is 30.3 Å². The monoisotopic (exact) mass is 258 g/mol. The summed E-state index contributed by atoms with van der Waals surface area (Å²) in [5, 5.41) is 2.34. The summed E-state index contributed by atoms with van der Waals surface area (Å²) >= 11 is 0. The maximum Gasteiger partial charge on any atom is 0.130 e. The molecule has 0 spiro atoms. The Labute approximate surface area is 115 Å². The van der Waals surface area contributed by atoms with Gasteiger partial charge in [-0.25, -0.2) is 0 Å². The molecule has 19 heavy (non-hydrogen) atoms. The van der Waals surface area contributed by atoms with Gasteiger partial charge in [0, 0.05) is 5.39 Å². The highest BCUT2D eigenvalue weighted by molar-refractivity contribution is 5.90. The standard InChI is InChI=1S/C17H22O2/c1-4-10-18-15-8-9-16-14(12-15)7-6-13(3)17(16)19-11-5-2/h6-9,12H,4-5,10-11H2,1-3H3. The number of hydrogen-bond acceptors (Lipinski definition) is 2. The second-order valence-corrected chi connectivity index (χ2v) is 4.79. The molecule has 0 fully saturated rings. The minimum Gasteiger partial charge on any atom is -0.494 e. The highest BCUT2D eigenvalue weighted by Gasteiger charge is 2.07. The summed E-state index contributed by atoms with van der Waals surface area (Å²) in [6.07, 6.45) is 2.05. The van der Waals surface area contributed by atoms with E-state index < -0.39 is 0 Å². The molecule has 2 rings (SSSR count). The Morgan fingerprint density at radius 2 is 1.63 bits per heavy atom. The van der Waals surface area contributed by atoms with E-state index in [0.29, 0.717) is 0 Å². The summed E-state index contributed by atoms with van der Waals surface area (Å²) in [5.41, 5.74) is 1.18. The average molecular weight is 258 g/mol. The van der Waals surface area contributed by atoms with E-state index in [1.807, 2.05) is 6.07 Å². The van der Waals surface area contributed by atoms with E-state index in [0.717, 1.165) is 42.9 Å². The molecular formula is C17H22O2. The van der Waals surface area contributed by atoms with Gasteiger partial charge >= 0.3 is 0 Å². The van der Waals surface area contributed by atoms with Crippen molar-refractivity contribution >= 4 is 10.8 Å². The molecule has 0 bridgehead atoms. The van der Waals surface area contributed by atoms with Crippen LogP contribution >= 0.6 is 0 Å². The largest absolute Gasteiger partial charge is 0.494 e. The van der Waals surface area contributed by atoms with Crippen molar-refractivity contribution in [2.75, 3.05) is 13.2 Å². The van der Waals surface area contributed by atoms with Crippen molar-refractivity contribution in [1.82, 2.24) is 0 Å². The van der Waals surface area contributed by atoms with Gasteiger partial charge in [-0.15, -0.1) is 0 Å². The van der Waals surface area contributed by atoms with Crippen molar-refractivity contribution < 1.29 is 9.47 Å². The van der Waals surface area contributed by atoms with Crippen LogP contribution in [0.3, 0.4) is 0 Å². The Kier molecular flexibility index (Phi) is 4.67. The summed E-state index contributed by atoms with van der Waals surface area (Å²) in [6, 6.07) is 10.4. The van der Waals surface area contributed by atoms with Crippen LogP contribution in [-0.2, 0) is 0 Å². The fourth-order valence-corrected chi connectivity index (χ4v) is 2.09. The molecule has 0 radical (unpaired) electrons. The number of benzene rings is 2. The van der Waals surface area contributed by atoms with Gasteiger partial charge in [0.25, 0.3) is 0 Å². The normalized spacial score (nSPS) is 10.7. The van der Waals surface area contributed by atoms with Gasteiger partial charge in [0.2, 0.25) is 0 Å². The predicted octanol–water partition coefficient (Wildman–Crippen LogP) is 4.73. The third-order valence-electron chi connectivity index (χ3n) is 3.06. The summed E-state index contributed by atoms with van der Waals surface area (Å²) in [5.74, 6) is 1.93. The first kappa shape index (κ1) is 13.7. The van der Waals surface area contributed by atoms with Crippen molar-refractivity contribution in [1.29, 1.82) is 0 Å². The van der Waals surface area contributed by atoms with Gasteiger partial charge in [-0.2, -0.15) is 0 Å². The number of ether oxygens (including phenoxy) is 2. The van der Waals surface area contributed by atoms with E-state index >= 15 is 0 Å². The molecule has 0 aliphatic rings. The lowest BCUT2D eigenvalue weighted by molar-refractivity contribution is 0.316. The van der Waals surface area contributed by atoms with Crippen molar-refractivity contribution in [2.24, 2.45) is 0 Å². The van der Waals surface area contributed by atoms with Crippen LogP contribution in [0, 0.1) is 6.92 Å². The maximum atomic E-state index is 5.88. The van der Waals surface area contributed by atoms with E-state index in [9.17, 15) is 0 Å². The average Bonchev–Trinajstić information content (AvgIpc) is 2.44. The number of hydrogen-bond donors (Lipinski definition) is 0. The van der Waals surface area contributed by atoms with Crippen LogP contribution in [0.5, 0.6) is 11.5 Å². The molecule has 102 valence electrons. The first-order chi connectivity index (χ1) is 9.26. The lowest BCUT2D eigenvalue weighted by atomic mass is 10.1. The van der Waals surface area contributed by atoms with Crippen molar-refractivity contribution in [3.05, 3.63) is 35.9 Å². The first-order valence-electron chi connectivity index (χ1n) is 7.05. The van der Waals surface area contributed by atoms with Gasteiger partial charge in [-0.1, -0.05) is 26.0 Å². The fourth-order valence-electron chi connectivity index (χ4n) is 2.09. The molecule has 0 atom stereocenters. The molecule has 0 aromatic heterocycles. The second kappa shape index (κ2) is 6.46. The Bertz CT molecular complexity index is 546. The number of fused-ring (bicyclic) bond motifs is 1. The minimum absolute atomic E-state index is 0.758. The zero-order valence-electron chi connectivity index (χ0n) is 12.0. The van der Waals surface area contributed by atoms with Crippen LogP contribution in [0.1, 0.15) is 32.3 Å². The lowest BCUT2D eigenvalue weighted by Crippen LogP contribution is -1.98. The smallest absolute Gasteiger partial charge is 0.130 e. The van der Waals surface area contributed by atoms with Crippen molar-refractivity contribution in [3.63, 3.8) is 0 Å². The van der Waals surface area contributed by atoms with Gasteiger partial charge < -0.3 is 9.47 Å². The summed E-state index contributed by atoms with van der Waals surface area (Å²) in [6.45, 7) is 7.84. The van der Waals surface area contributed by atoms with Crippen molar-refractivity contribution in [3.8, 4) is 11.5 Å². The SMILES string of the molecule is CCCOc1ccc2c(OCCC)c(C)ccc2c1. The molecule has 0 N–H and O–H groups in total. The van der Waals surface area contributed by atoms with E-state index in [-0.39, 0.29) is 0 Å². The van der Waals surface area contributed by atoms with E-state index in [4.69, 9.17) is 9.47 Å². The molecule has 2 aromatic carbocycles. The fraction of sp³-hybridized carbons (Fsp3) is 0.412. The minimum atomic E-state index is 0.758. The van der Waals surface area contributed by atoms with Crippen molar-refractivity contribution in [2.45, 2.75) is 33.6 Å². The third-order valence-corrected chi connectivity index (χ3v) is 3.06. The van der Waals surface area contributed by atoms with E-state index in [2.05, 4.69) is 45.0 Å². The summed E-state index contributed by atoms with van der Waals surface area (Å²) in [7, 11) is 0. The number of aryl methyl sites for hydroxylation is 1. The zero-order chi connectivity index (χ0) is 13.7. The van der Waals surface area contributed by atoms with Crippen LogP contribution < -0.4 is 9.47 Å². The summed E-state index contributed by atoms with van der Waals surface area (Å²) < 4.78 is 11.6. The van der Waals surface area contributed by atoms with E-state index in [1.54, 1.807) is 0 Å². The zero-order valence-corrected chi connectivity index (χ0v) is 12.0. The topological polar surface area (TPSA) is 18.5 Å². The van der Waals surface area contributed by atoms with Gasteiger partial charge in [-0.05, 0) is 48.9 Å². The molecule has 2 nitrogen and oxygen atoms in total. The molecule has 2 heteroatoms. The molecule has 0 aliphatic heterocycles. The molecule has 0 amide bonds. The lowest BCUT2D eigenvalue weighted by Gasteiger charge is -2.13. The Morgan fingerprint density at radius 1 is 0.895 bits per heavy atom. The highest BCUT2D eigenvalue weighted by atomic mass is 16.5. The van der Waals surface area contributed by atoms with Crippen LogP contribution in [0.25, 0.3) is 10.8 Å². The number of rotatable bonds is 6. The van der Waals surface area contributed by atoms with Gasteiger partial charge in [0.05, 0.1) is 13.2 Å². The van der Waals surface area contributed by atoms with Crippen LogP contribution in [-0.4, -0.2) is 13.2 Å². The van der Waals surface area contributed by atoms with Gasteiger partial charge in [0.1, 0.15) is 11.5 Å². The molecule has 0 unspecified atom stereocenters. The molecule has 0 saturated carbocycles. The first-order valence-corrected chi connectivity index (χ1v) is 7.05. The third kappa shape index (κ3) is 3.19. The Hall–Kier alpha value is -1.70. The Morgan fingerprint density at radius 3 is 2.37 bits per heavy atom. The predicted molar refractivity (Wildman–Crippen MR) is 80.3 cm³/mol. The second-order valence-electron chi connectivity index (χ2n) is 4.79. The summed E-state index contributed by atoms with van der Waals surface area (Å²) in [4.78, 5) is 0. The molecule has 0 heterocycles. The van der Waals surface area contributed by atoms with Crippen LogP contribution in [0.2, 0.25) is 0 Å². The molecule has 2 aromatic rings. The van der Waals surface area contributed by atoms with Gasteiger partial charge in [-0.3, -0.25) is 0 Å². The van der Waals surface area contributed by atoms with Crippen LogP contribution in [0.4, 0.5) is 0 Å².